The average molecular weight is 380 g/mol. The Labute approximate surface area is 166 Å². The summed E-state index contributed by atoms with van der Waals surface area (Å²) in [5, 5.41) is 0. The SMILES string of the molecule is Cc1ccc(OC(C)C(=O)N2CCN(Cc3ccc4c(c3)CCO4)CC2)cc1. The molecular formula is C23H28N2O3. The van der Waals surface area contributed by atoms with Gasteiger partial charge in [-0.2, -0.15) is 0 Å². The lowest BCUT2D eigenvalue weighted by Crippen LogP contribution is -2.51. The maximum atomic E-state index is 12.7. The molecule has 148 valence electrons. The number of aryl methyl sites for hydroxylation is 1. The minimum absolute atomic E-state index is 0.0647. The van der Waals surface area contributed by atoms with E-state index in [1.807, 2.05) is 43.0 Å². The fourth-order valence-electron chi connectivity index (χ4n) is 3.85. The number of fused-ring (bicyclic) bond motifs is 1. The number of piperazine rings is 1. The van der Waals surface area contributed by atoms with Crippen LogP contribution >= 0.6 is 0 Å². The highest BCUT2D eigenvalue weighted by Crippen LogP contribution is 2.26. The van der Waals surface area contributed by atoms with Gasteiger partial charge in [0.15, 0.2) is 6.10 Å². The van der Waals surface area contributed by atoms with Crippen LogP contribution < -0.4 is 9.47 Å². The van der Waals surface area contributed by atoms with Crippen LogP contribution in [0.3, 0.4) is 0 Å². The maximum absolute atomic E-state index is 12.7. The van der Waals surface area contributed by atoms with E-state index in [4.69, 9.17) is 9.47 Å². The van der Waals surface area contributed by atoms with E-state index in [1.165, 1.54) is 16.7 Å². The minimum Gasteiger partial charge on any atom is -0.493 e. The lowest BCUT2D eigenvalue weighted by atomic mass is 10.1. The van der Waals surface area contributed by atoms with Crippen LogP contribution in [0.2, 0.25) is 0 Å². The van der Waals surface area contributed by atoms with Gasteiger partial charge in [0.2, 0.25) is 0 Å². The molecule has 2 heterocycles. The minimum atomic E-state index is -0.467. The van der Waals surface area contributed by atoms with Crippen molar-refractivity contribution >= 4 is 5.91 Å². The lowest BCUT2D eigenvalue weighted by molar-refractivity contribution is -0.139. The van der Waals surface area contributed by atoms with Crippen molar-refractivity contribution in [3.63, 3.8) is 0 Å². The first-order valence-corrected chi connectivity index (χ1v) is 10.1. The molecule has 28 heavy (non-hydrogen) atoms. The number of benzene rings is 2. The fourth-order valence-corrected chi connectivity index (χ4v) is 3.85. The van der Waals surface area contributed by atoms with Gasteiger partial charge >= 0.3 is 0 Å². The molecule has 2 aliphatic rings. The molecule has 0 aromatic heterocycles. The second-order valence-corrected chi connectivity index (χ2v) is 7.72. The summed E-state index contributed by atoms with van der Waals surface area (Å²) in [7, 11) is 0. The summed E-state index contributed by atoms with van der Waals surface area (Å²) in [4.78, 5) is 17.1. The van der Waals surface area contributed by atoms with E-state index in [-0.39, 0.29) is 5.91 Å². The topological polar surface area (TPSA) is 42.0 Å². The van der Waals surface area contributed by atoms with Crippen LogP contribution in [-0.4, -0.2) is 54.6 Å². The maximum Gasteiger partial charge on any atom is 0.263 e. The standard InChI is InChI=1S/C23H28N2O3/c1-17-3-6-21(7-4-17)28-18(2)23(26)25-12-10-24(11-13-25)16-19-5-8-22-20(15-19)9-14-27-22/h3-8,15,18H,9-14,16H2,1-2H3. The third-order valence-corrected chi connectivity index (χ3v) is 5.53. The fraction of sp³-hybridized carbons (Fsp3) is 0.435. The molecular weight excluding hydrogens is 352 g/mol. The molecule has 0 bridgehead atoms. The number of rotatable bonds is 5. The molecule has 2 aromatic carbocycles. The predicted molar refractivity (Wildman–Crippen MR) is 109 cm³/mol. The van der Waals surface area contributed by atoms with Crippen LogP contribution in [0.1, 0.15) is 23.6 Å². The van der Waals surface area contributed by atoms with Gasteiger partial charge in [0.25, 0.3) is 5.91 Å². The molecule has 2 aliphatic heterocycles. The number of hydrogen-bond acceptors (Lipinski definition) is 4. The van der Waals surface area contributed by atoms with E-state index in [1.54, 1.807) is 0 Å². The molecule has 0 saturated carbocycles. The molecule has 1 fully saturated rings. The van der Waals surface area contributed by atoms with Crippen LogP contribution in [-0.2, 0) is 17.8 Å². The number of carbonyl (C=O) groups excluding carboxylic acids is 1. The molecule has 1 amide bonds. The van der Waals surface area contributed by atoms with E-state index in [9.17, 15) is 4.79 Å². The quantitative estimate of drug-likeness (QED) is 0.800. The zero-order chi connectivity index (χ0) is 19.5. The summed E-state index contributed by atoms with van der Waals surface area (Å²) in [6.07, 6.45) is 0.538. The van der Waals surface area contributed by atoms with Gasteiger partial charge in [-0.15, -0.1) is 0 Å². The van der Waals surface area contributed by atoms with Crippen molar-refractivity contribution in [2.24, 2.45) is 0 Å². The van der Waals surface area contributed by atoms with Crippen molar-refractivity contribution in [1.29, 1.82) is 0 Å². The highest BCUT2D eigenvalue weighted by Gasteiger charge is 2.26. The Morgan fingerprint density at radius 3 is 2.61 bits per heavy atom. The van der Waals surface area contributed by atoms with Gasteiger partial charge in [-0.05, 0) is 43.2 Å². The van der Waals surface area contributed by atoms with Gasteiger partial charge in [0, 0.05) is 39.1 Å². The van der Waals surface area contributed by atoms with Crippen LogP contribution in [0.25, 0.3) is 0 Å². The largest absolute Gasteiger partial charge is 0.493 e. The normalized spacial score (nSPS) is 17.7. The number of ether oxygens (including phenoxy) is 2. The molecule has 1 saturated heterocycles. The molecule has 0 spiro atoms. The van der Waals surface area contributed by atoms with E-state index in [2.05, 4.69) is 23.1 Å². The number of amides is 1. The first-order valence-electron chi connectivity index (χ1n) is 10.1. The molecule has 0 radical (unpaired) electrons. The smallest absolute Gasteiger partial charge is 0.263 e. The Balaban J connectivity index is 1.27. The number of carbonyl (C=O) groups is 1. The summed E-state index contributed by atoms with van der Waals surface area (Å²) >= 11 is 0. The molecule has 2 aromatic rings. The molecule has 0 aliphatic carbocycles. The van der Waals surface area contributed by atoms with Crippen molar-refractivity contribution in [3.8, 4) is 11.5 Å². The monoisotopic (exact) mass is 380 g/mol. The Bertz CT molecular complexity index is 826. The number of hydrogen-bond donors (Lipinski definition) is 0. The van der Waals surface area contributed by atoms with E-state index < -0.39 is 6.10 Å². The van der Waals surface area contributed by atoms with Gasteiger partial charge in [-0.1, -0.05) is 29.8 Å². The summed E-state index contributed by atoms with van der Waals surface area (Å²) in [6, 6.07) is 14.3. The Kier molecular flexibility index (Phi) is 5.53. The van der Waals surface area contributed by atoms with E-state index in [0.29, 0.717) is 0 Å². The van der Waals surface area contributed by atoms with Gasteiger partial charge in [-0.25, -0.2) is 0 Å². The predicted octanol–water partition coefficient (Wildman–Crippen LogP) is 3.04. The third kappa shape index (κ3) is 4.30. The molecule has 5 heteroatoms. The van der Waals surface area contributed by atoms with Gasteiger partial charge in [0.1, 0.15) is 11.5 Å². The summed E-state index contributed by atoms with van der Waals surface area (Å²) in [5.41, 5.74) is 3.81. The third-order valence-electron chi connectivity index (χ3n) is 5.53. The Morgan fingerprint density at radius 2 is 1.86 bits per heavy atom. The summed E-state index contributed by atoms with van der Waals surface area (Å²) < 4.78 is 11.4. The lowest BCUT2D eigenvalue weighted by Gasteiger charge is -2.36. The van der Waals surface area contributed by atoms with Gasteiger partial charge in [0.05, 0.1) is 6.61 Å². The molecule has 0 N–H and O–H groups in total. The van der Waals surface area contributed by atoms with E-state index in [0.717, 1.165) is 57.3 Å². The summed E-state index contributed by atoms with van der Waals surface area (Å²) in [6.45, 7) is 8.85. The average Bonchev–Trinajstić information content (AvgIpc) is 3.17. The van der Waals surface area contributed by atoms with Crippen LogP contribution in [0.4, 0.5) is 0 Å². The van der Waals surface area contributed by atoms with Crippen molar-refractivity contribution in [1.82, 2.24) is 9.80 Å². The van der Waals surface area contributed by atoms with Gasteiger partial charge < -0.3 is 14.4 Å². The summed E-state index contributed by atoms with van der Waals surface area (Å²) in [5.74, 6) is 1.84. The second-order valence-electron chi connectivity index (χ2n) is 7.72. The Morgan fingerprint density at radius 1 is 1.11 bits per heavy atom. The van der Waals surface area contributed by atoms with Crippen molar-refractivity contribution in [3.05, 3.63) is 59.2 Å². The highest BCUT2D eigenvalue weighted by molar-refractivity contribution is 5.81. The first-order chi connectivity index (χ1) is 13.6. The number of nitrogens with zero attached hydrogens (tertiary/aromatic N) is 2. The van der Waals surface area contributed by atoms with Crippen molar-refractivity contribution < 1.29 is 14.3 Å². The van der Waals surface area contributed by atoms with Crippen molar-refractivity contribution in [2.75, 3.05) is 32.8 Å². The second kappa shape index (κ2) is 8.23. The van der Waals surface area contributed by atoms with Gasteiger partial charge in [-0.3, -0.25) is 9.69 Å². The van der Waals surface area contributed by atoms with Crippen LogP contribution in [0.5, 0.6) is 11.5 Å². The van der Waals surface area contributed by atoms with E-state index >= 15 is 0 Å². The first kappa shape index (κ1) is 18.8. The van der Waals surface area contributed by atoms with Crippen molar-refractivity contribution in [2.45, 2.75) is 32.9 Å². The van der Waals surface area contributed by atoms with Crippen LogP contribution in [0, 0.1) is 6.92 Å². The highest BCUT2D eigenvalue weighted by atomic mass is 16.5. The zero-order valence-electron chi connectivity index (χ0n) is 16.7. The molecule has 1 atom stereocenters. The van der Waals surface area contributed by atoms with Crippen LogP contribution in [0.15, 0.2) is 42.5 Å². The molecule has 5 nitrogen and oxygen atoms in total. The zero-order valence-corrected chi connectivity index (χ0v) is 16.7. The Hall–Kier alpha value is -2.53. The molecule has 4 rings (SSSR count). The molecule has 1 unspecified atom stereocenters.